The van der Waals surface area contributed by atoms with Gasteiger partial charge in [-0.15, -0.1) is 11.3 Å². The molecular formula is C25H32N6O2S. The number of H-pyrrole nitrogens is 1. The van der Waals surface area contributed by atoms with E-state index in [1.165, 1.54) is 0 Å². The number of thiazole rings is 1. The van der Waals surface area contributed by atoms with Gasteiger partial charge < -0.3 is 4.57 Å². The molecule has 0 amide bonds. The SMILES string of the molecule is CCc1nc(CN(C)Cc2nc3c(c(=O)[nH]c(=O)n3Cc3ccccc3)n2CCC(C)C)cs1. The van der Waals surface area contributed by atoms with Crippen molar-refractivity contribution >= 4 is 22.5 Å². The molecule has 0 saturated heterocycles. The molecule has 0 saturated carbocycles. The summed E-state index contributed by atoms with van der Waals surface area (Å²) in [6.07, 6.45) is 1.84. The molecule has 0 aliphatic carbocycles. The van der Waals surface area contributed by atoms with E-state index in [4.69, 9.17) is 4.98 Å². The molecule has 9 heteroatoms. The molecule has 1 N–H and O–H groups in total. The fourth-order valence-electron chi connectivity index (χ4n) is 4.04. The van der Waals surface area contributed by atoms with Crippen LogP contribution in [0.4, 0.5) is 0 Å². The molecule has 0 radical (unpaired) electrons. The fraction of sp³-hybridized carbons (Fsp3) is 0.440. The highest BCUT2D eigenvalue weighted by Gasteiger charge is 2.20. The molecule has 34 heavy (non-hydrogen) atoms. The van der Waals surface area contributed by atoms with Crippen molar-refractivity contribution in [1.82, 2.24) is 29.0 Å². The van der Waals surface area contributed by atoms with Crippen molar-refractivity contribution in [1.29, 1.82) is 0 Å². The molecule has 3 aromatic heterocycles. The molecule has 3 heterocycles. The standard InChI is InChI=1S/C25H32N6O2S/c1-5-21-26-19(16-34-21)14-29(4)15-20-27-23-22(30(20)12-11-17(2)3)24(32)28-25(33)31(23)13-18-9-7-6-8-10-18/h6-10,16-17H,5,11-15H2,1-4H3,(H,28,32,33). The molecule has 0 unspecified atom stereocenters. The highest BCUT2D eigenvalue weighted by molar-refractivity contribution is 7.09. The lowest BCUT2D eigenvalue weighted by Crippen LogP contribution is -2.31. The number of hydrogen-bond donors (Lipinski definition) is 1. The Labute approximate surface area is 202 Å². The monoisotopic (exact) mass is 480 g/mol. The molecule has 8 nitrogen and oxygen atoms in total. The predicted octanol–water partition coefficient (Wildman–Crippen LogP) is 3.63. The number of rotatable bonds is 10. The number of aryl methyl sites for hydroxylation is 2. The van der Waals surface area contributed by atoms with Gasteiger partial charge in [-0.05, 0) is 31.4 Å². The van der Waals surface area contributed by atoms with E-state index in [0.717, 1.165) is 34.9 Å². The lowest BCUT2D eigenvalue weighted by Gasteiger charge is -2.17. The van der Waals surface area contributed by atoms with Gasteiger partial charge in [0.25, 0.3) is 5.56 Å². The molecule has 4 aromatic rings. The summed E-state index contributed by atoms with van der Waals surface area (Å²) in [4.78, 5) is 39.9. The van der Waals surface area contributed by atoms with Gasteiger partial charge in [0, 0.05) is 18.5 Å². The zero-order chi connectivity index (χ0) is 24.2. The van der Waals surface area contributed by atoms with Gasteiger partial charge in [0.05, 0.1) is 23.8 Å². The molecule has 0 aliphatic heterocycles. The summed E-state index contributed by atoms with van der Waals surface area (Å²) in [5.74, 6) is 1.25. The topological polar surface area (TPSA) is 88.8 Å². The molecule has 180 valence electrons. The number of aromatic amines is 1. The average Bonchev–Trinajstić information content (AvgIpc) is 3.40. The van der Waals surface area contributed by atoms with Crippen molar-refractivity contribution in [3.8, 4) is 0 Å². The van der Waals surface area contributed by atoms with Gasteiger partial charge in [-0.1, -0.05) is 51.1 Å². The van der Waals surface area contributed by atoms with Crippen molar-refractivity contribution in [3.63, 3.8) is 0 Å². The number of nitrogens with zero attached hydrogens (tertiary/aromatic N) is 5. The molecule has 1 aromatic carbocycles. The summed E-state index contributed by atoms with van der Waals surface area (Å²) < 4.78 is 3.56. The molecule has 0 atom stereocenters. The molecule has 4 rings (SSSR count). The van der Waals surface area contributed by atoms with Gasteiger partial charge in [0.2, 0.25) is 0 Å². The van der Waals surface area contributed by atoms with E-state index in [1.54, 1.807) is 15.9 Å². The van der Waals surface area contributed by atoms with Crippen LogP contribution in [-0.2, 0) is 32.6 Å². The maximum atomic E-state index is 12.9. The third kappa shape index (κ3) is 5.37. The van der Waals surface area contributed by atoms with E-state index in [0.29, 0.717) is 43.3 Å². The summed E-state index contributed by atoms with van der Waals surface area (Å²) in [7, 11) is 2.03. The van der Waals surface area contributed by atoms with Gasteiger partial charge in [-0.25, -0.2) is 14.8 Å². The second-order valence-electron chi connectivity index (χ2n) is 9.12. The van der Waals surface area contributed by atoms with Crippen molar-refractivity contribution in [2.45, 2.75) is 59.8 Å². The quantitative estimate of drug-likeness (QED) is 0.374. The number of imidazole rings is 1. The number of fused-ring (bicyclic) bond motifs is 1. The molecule has 0 aliphatic rings. The van der Waals surface area contributed by atoms with Crippen LogP contribution in [0.5, 0.6) is 0 Å². The third-order valence-electron chi connectivity index (χ3n) is 5.82. The van der Waals surface area contributed by atoms with E-state index in [2.05, 4.69) is 41.0 Å². The smallest absolute Gasteiger partial charge is 0.321 e. The normalized spacial score (nSPS) is 11.8. The minimum atomic E-state index is -0.440. The average molecular weight is 481 g/mol. The predicted molar refractivity (Wildman–Crippen MR) is 136 cm³/mol. The molecular weight excluding hydrogens is 448 g/mol. The van der Waals surface area contributed by atoms with Crippen LogP contribution in [0.25, 0.3) is 11.2 Å². The number of aromatic nitrogens is 5. The Bertz CT molecular complexity index is 1370. The van der Waals surface area contributed by atoms with Crippen molar-refractivity contribution < 1.29 is 0 Å². The second kappa shape index (κ2) is 10.5. The first-order chi connectivity index (χ1) is 16.4. The summed E-state index contributed by atoms with van der Waals surface area (Å²) >= 11 is 1.68. The summed E-state index contributed by atoms with van der Waals surface area (Å²) in [6.45, 7) is 8.68. The first-order valence-corrected chi connectivity index (χ1v) is 12.6. The maximum absolute atomic E-state index is 12.9. The van der Waals surface area contributed by atoms with Crippen LogP contribution in [0.2, 0.25) is 0 Å². The van der Waals surface area contributed by atoms with Gasteiger partial charge in [-0.3, -0.25) is 19.2 Å². The van der Waals surface area contributed by atoms with Gasteiger partial charge in [0.15, 0.2) is 11.2 Å². The number of nitrogens with one attached hydrogen (secondary N) is 1. The van der Waals surface area contributed by atoms with Crippen LogP contribution >= 0.6 is 11.3 Å². The van der Waals surface area contributed by atoms with Crippen molar-refractivity contribution in [2.75, 3.05) is 7.05 Å². The Balaban J connectivity index is 1.74. The Morgan fingerprint density at radius 2 is 1.85 bits per heavy atom. The lowest BCUT2D eigenvalue weighted by molar-refractivity contribution is 0.301. The van der Waals surface area contributed by atoms with Crippen LogP contribution < -0.4 is 11.2 Å². The van der Waals surface area contributed by atoms with Crippen LogP contribution in [0.3, 0.4) is 0 Å². The summed E-state index contributed by atoms with van der Waals surface area (Å²) in [5.41, 5.74) is 2.08. The largest absolute Gasteiger partial charge is 0.330 e. The van der Waals surface area contributed by atoms with E-state index in [-0.39, 0.29) is 5.56 Å². The maximum Gasteiger partial charge on any atom is 0.330 e. The van der Waals surface area contributed by atoms with Crippen LogP contribution in [0, 0.1) is 5.92 Å². The Kier molecular flexibility index (Phi) is 7.43. The van der Waals surface area contributed by atoms with Crippen LogP contribution in [-0.4, -0.2) is 36.0 Å². The van der Waals surface area contributed by atoms with Gasteiger partial charge in [-0.2, -0.15) is 0 Å². The summed E-state index contributed by atoms with van der Waals surface area (Å²) in [5, 5.41) is 3.23. The zero-order valence-electron chi connectivity index (χ0n) is 20.2. The lowest BCUT2D eigenvalue weighted by atomic mass is 10.1. The first-order valence-electron chi connectivity index (χ1n) is 11.7. The van der Waals surface area contributed by atoms with E-state index in [1.807, 2.05) is 41.9 Å². The summed E-state index contributed by atoms with van der Waals surface area (Å²) in [6, 6.07) is 9.74. The zero-order valence-corrected chi connectivity index (χ0v) is 21.1. The van der Waals surface area contributed by atoms with E-state index in [9.17, 15) is 9.59 Å². The molecule has 0 fully saturated rings. The fourth-order valence-corrected chi connectivity index (χ4v) is 4.77. The Morgan fingerprint density at radius 1 is 1.09 bits per heavy atom. The van der Waals surface area contributed by atoms with E-state index >= 15 is 0 Å². The van der Waals surface area contributed by atoms with Crippen molar-refractivity contribution in [3.05, 3.63) is 78.6 Å². The van der Waals surface area contributed by atoms with Crippen molar-refractivity contribution in [2.24, 2.45) is 5.92 Å². The number of hydrogen-bond acceptors (Lipinski definition) is 6. The highest BCUT2D eigenvalue weighted by atomic mass is 32.1. The molecule has 0 spiro atoms. The Hall–Kier alpha value is -3.04. The van der Waals surface area contributed by atoms with Gasteiger partial charge >= 0.3 is 5.69 Å². The first kappa shape index (κ1) is 24.1. The van der Waals surface area contributed by atoms with E-state index < -0.39 is 5.69 Å². The molecule has 0 bridgehead atoms. The van der Waals surface area contributed by atoms with Crippen LogP contribution in [0.1, 0.15) is 49.3 Å². The van der Waals surface area contributed by atoms with Crippen LogP contribution in [0.15, 0.2) is 45.3 Å². The minimum Gasteiger partial charge on any atom is -0.321 e. The Morgan fingerprint density at radius 3 is 2.53 bits per heavy atom. The second-order valence-corrected chi connectivity index (χ2v) is 10.1. The highest BCUT2D eigenvalue weighted by Crippen LogP contribution is 2.18. The number of benzene rings is 1. The minimum absolute atomic E-state index is 0.349. The van der Waals surface area contributed by atoms with Gasteiger partial charge in [0.1, 0.15) is 5.82 Å². The third-order valence-corrected chi connectivity index (χ3v) is 6.87.